The zero-order valence-corrected chi connectivity index (χ0v) is 17.2. The van der Waals surface area contributed by atoms with Crippen LogP contribution in [0.15, 0.2) is 55.0 Å². The van der Waals surface area contributed by atoms with Gasteiger partial charge in [0, 0.05) is 37.1 Å². The van der Waals surface area contributed by atoms with Crippen LogP contribution in [0.4, 0.5) is 16.0 Å². The third-order valence-corrected chi connectivity index (χ3v) is 5.48. The Bertz CT molecular complexity index is 1200. The minimum Gasteiger partial charge on any atom is -0.311 e. The molecule has 0 unspecified atom stereocenters. The molecule has 0 N–H and O–H groups in total. The van der Waals surface area contributed by atoms with Gasteiger partial charge in [-0.2, -0.15) is 10.1 Å². The molecule has 0 fully saturated rings. The molecule has 5 rings (SSSR count). The van der Waals surface area contributed by atoms with Crippen LogP contribution in [0.25, 0.3) is 5.69 Å². The first-order valence-electron chi connectivity index (χ1n) is 9.83. The summed E-state index contributed by atoms with van der Waals surface area (Å²) in [5, 5.41) is 5.18. The molecule has 2 aromatic heterocycles. The van der Waals surface area contributed by atoms with Crippen LogP contribution in [-0.2, 0) is 13.0 Å². The van der Waals surface area contributed by atoms with Gasteiger partial charge in [0.2, 0.25) is 5.95 Å². The number of imidazole rings is 1. The third-order valence-electron chi connectivity index (χ3n) is 5.28. The van der Waals surface area contributed by atoms with Crippen molar-refractivity contribution < 1.29 is 4.39 Å². The lowest BCUT2D eigenvalue weighted by Gasteiger charge is -2.27. The molecule has 0 spiro atoms. The van der Waals surface area contributed by atoms with Gasteiger partial charge < -0.3 is 9.47 Å². The van der Waals surface area contributed by atoms with E-state index in [2.05, 4.69) is 35.0 Å². The molecule has 152 valence electrons. The van der Waals surface area contributed by atoms with Crippen molar-refractivity contribution in [3.05, 3.63) is 82.9 Å². The van der Waals surface area contributed by atoms with Crippen molar-refractivity contribution in [2.75, 3.05) is 11.4 Å². The molecule has 0 saturated heterocycles. The average Bonchev–Trinajstić information content (AvgIpc) is 3.34. The van der Waals surface area contributed by atoms with Crippen LogP contribution >= 0.6 is 11.6 Å². The summed E-state index contributed by atoms with van der Waals surface area (Å²) >= 11 is 5.94. The molecule has 3 heterocycles. The molecule has 0 radical (unpaired) electrons. The molecule has 0 bridgehead atoms. The minimum atomic E-state index is -0.241. The molecule has 4 aromatic rings. The summed E-state index contributed by atoms with van der Waals surface area (Å²) in [5.41, 5.74) is 4.23. The van der Waals surface area contributed by atoms with Gasteiger partial charge in [-0.15, -0.1) is 0 Å². The molecular weight excluding hydrogens is 403 g/mol. The molecule has 0 atom stereocenters. The summed E-state index contributed by atoms with van der Waals surface area (Å²) in [6, 6.07) is 12.8. The molecule has 8 heteroatoms. The fraction of sp³-hybridized carbons (Fsp3) is 0.227. The van der Waals surface area contributed by atoms with Crippen LogP contribution in [0.3, 0.4) is 0 Å². The Morgan fingerprint density at radius 1 is 1.10 bits per heavy atom. The van der Waals surface area contributed by atoms with Crippen molar-refractivity contribution in [3.63, 3.8) is 0 Å². The normalized spacial score (nSPS) is 13.5. The van der Waals surface area contributed by atoms with E-state index in [1.807, 2.05) is 9.25 Å². The Hall–Kier alpha value is -3.19. The second kappa shape index (κ2) is 7.57. The monoisotopic (exact) mass is 422 g/mol. The Balaban J connectivity index is 1.40. The number of rotatable bonds is 4. The van der Waals surface area contributed by atoms with Gasteiger partial charge >= 0.3 is 0 Å². The van der Waals surface area contributed by atoms with Gasteiger partial charge in [-0.25, -0.2) is 14.1 Å². The van der Waals surface area contributed by atoms with Gasteiger partial charge in [0.25, 0.3) is 0 Å². The number of hydrogen-bond acceptors (Lipinski definition) is 4. The van der Waals surface area contributed by atoms with Crippen LogP contribution in [0.2, 0.25) is 5.15 Å². The summed E-state index contributed by atoms with van der Waals surface area (Å²) in [6.45, 7) is 3.74. The molecular formula is C22H20ClFN6. The van der Waals surface area contributed by atoms with Gasteiger partial charge in [-0.1, -0.05) is 23.7 Å². The fourth-order valence-electron chi connectivity index (χ4n) is 3.88. The van der Waals surface area contributed by atoms with E-state index < -0.39 is 0 Å². The number of fused-ring (bicyclic) bond motifs is 1. The topological polar surface area (TPSA) is 51.8 Å². The zero-order valence-electron chi connectivity index (χ0n) is 16.5. The van der Waals surface area contributed by atoms with Crippen LogP contribution in [0.1, 0.15) is 23.4 Å². The van der Waals surface area contributed by atoms with Crippen LogP contribution in [0, 0.1) is 12.7 Å². The molecule has 30 heavy (non-hydrogen) atoms. The number of aromatic nitrogens is 5. The second-order valence-electron chi connectivity index (χ2n) is 7.43. The minimum absolute atomic E-state index is 0.241. The first kappa shape index (κ1) is 18.8. The van der Waals surface area contributed by atoms with Crippen LogP contribution in [-0.4, -0.2) is 30.9 Å². The number of aryl methyl sites for hydroxylation is 2. The number of anilines is 2. The maximum absolute atomic E-state index is 13.3. The molecule has 1 aliphatic heterocycles. The first-order valence-corrected chi connectivity index (χ1v) is 10.2. The predicted octanol–water partition coefficient (Wildman–Crippen LogP) is 4.70. The molecule has 6 nitrogen and oxygen atoms in total. The summed E-state index contributed by atoms with van der Waals surface area (Å²) in [5.74, 6) is 1.34. The van der Waals surface area contributed by atoms with E-state index in [1.165, 1.54) is 12.1 Å². The lowest BCUT2D eigenvalue weighted by atomic mass is 10.1. The van der Waals surface area contributed by atoms with E-state index in [-0.39, 0.29) is 5.82 Å². The lowest BCUT2D eigenvalue weighted by Crippen LogP contribution is -2.28. The SMILES string of the molecule is Cc1cc(Cc2nc3n(n2)CCCN3c2ccc(F)cc2)ccc1-n1cnc(Cl)c1. The largest absolute Gasteiger partial charge is 0.311 e. The maximum atomic E-state index is 13.3. The maximum Gasteiger partial charge on any atom is 0.228 e. The van der Waals surface area contributed by atoms with E-state index in [9.17, 15) is 4.39 Å². The Morgan fingerprint density at radius 2 is 1.93 bits per heavy atom. The highest BCUT2D eigenvalue weighted by Gasteiger charge is 2.22. The van der Waals surface area contributed by atoms with E-state index in [4.69, 9.17) is 21.7 Å². The van der Waals surface area contributed by atoms with Crippen molar-refractivity contribution in [2.24, 2.45) is 0 Å². The molecule has 0 aliphatic carbocycles. The molecule has 0 amide bonds. The smallest absolute Gasteiger partial charge is 0.228 e. The fourth-order valence-corrected chi connectivity index (χ4v) is 4.03. The van der Waals surface area contributed by atoms with E-state index in [0.29, 0.717) is 11.6 Å². The average molecular weight is 423 g/mol. The van der Waals surface area contributed by atoms with Gasteiger partial charge in [0.1, 0.15) is 17.3 Å². The van der Waals surface area contributed by atoms with Gasteiger partial charge in [-0.3, -0.25) is 0 Å². The lowest BCUT2D eigenvalue weighted by molar-refractivity contribution is 0.535. The van der Waals surface area contributed by atoms with E-state index in [1.54, 1.807) is 24.7 Å². The van der Waals surface area contributed by atoms with Crippen molar-refractivity contribution in [3.8, 4) is 5.69 Å². The third kappa shape index (κ3) is 3.57. The highest BCUT2D eigenvalue weighted by molar-refractivity contribution is 6.29. The zero-order chi connectivity index (χ0) is 20.7. The van der Waals surface area contributed by atoms with Crippen LogP contribution < -0.4 is 4.90 Å². The molecule has 2 aromatic carbocycles. The summed E-state index contributed by atoms with van der Waals surface area (Å²) < 4.78 is 17.2. The van der Waals surface area contributed by atoms with Crippen LogP contribution in [0.5, 0.6) is 0 Å². The molecule has 1 aliphatic rings. The molecule has 0 saturated carbocycles. The second-order valence-corrected chi connectivity index (χ2v) is 7.82. The number of nitrogens with zero attached hydrogens (tertiary/aromatic N) is 6. The van der Waals surface area contributed by atoms with E-state index in [0.717, 1.165) is 53.8 Å². The Morgan fingerprint density at radius 3 is 2.67 bits per heavy atom. The Labute approximate surface area is 178 Å². The van der Waals surface area contributed by atoms with Crippen molar-refractivity contribution in [2.45, 2.75) is 26.3 Å². The summed E-state index contributed by atoms with van der Waals surface area (Å²) in [6.07, 6.45) is 5.11. The van der Waals surface area contributed by atoms with Crippen molar-refractivity contribution in [1.29, 1.82) is 0 Å². The quantitative estimate of drug-likeness (QED) is 0.478. The highest BCUT2D eigenvalue weighted by Crippen LogP contribution is 2.28. The number of benzene rings is 2. The van der Waals surface area contributed by atoms with Gasteiger partial charge in [0.15, 0.2) is 5.82 Å². The standard InChI is InChI=1S/C22H20ClFN6/c1-15-11-16(3-8-19(15)28-13-20(23)25-14-28)12-21-26-22-29(9-2-10-30(22)27-21)18-6-4-17(24)5-7-18/h3-8,11,13-14H,2,9-10,12H2,1H3. The number of halogens is 2. The summed E-state index contributed by atoms with van der Waals surface area (Å²) in [7, 11) is 0. The Kier molecular flexibility index (Phi) is 4.75. The number of hydrogen-bond donors (Lipinski definition) is 0. The van der Waals surface area contributed by atoms with Gasteiger partial charge in [-0.05, 0) is 54.8 Å². The van der Waals surface area contributed by atoms with E-state index >= 15 is 0 Å². The highest BCUT2D eigenvalue weighted by atomic mass is 35.5. The van der Waals surface area contributed by atoms with Gasteiger partial charge in [0.05, 0.1) is 0 Å². The summed E-state index contributed by atoms with van der Waals surface area (Å²) in [4.78, 5) is 11.0. The first-order chi connectivity index (χ1) is 14.6. The van der Waals surface area contributed by atoms with Crippen molar-refractivity contribution in [1.82, 2.24) is 24.3 Å². The predicted molar refractivity (Wildman–Crippen MR) is 114 cm³/mol. The van der Waals surface area contributed by atoms with Crippen molar-refractivity contribution >= 4 is 23.2 Å².